The zero-order chi connectivity index (χ0) is 23.7. The molecular formula is C27H42F3N3O. The van der Waals surface area contributed by atoms with Crippen LogP contribution in [-0.2, 0) is 4.79 Å². The first-order valence-electron chi connectivity index (χ1n) is 13.9. The third-order valence-electron chi connectivity index (χ3n) is 9.49. The molecule has 4 nitrogen and oxygen atoms in total. The number of carbonyl (C=O) groups is 1. The van der Waals surface area contributed by atoms with E-state index in [9.17, 15) is 18.0 Å². The van der Waals surface area contributed by atoms with Gasteiger partial charge in [0.25, 0.3) is 0 Å². The molecule has 0 aromatic carbocycles. The molecule has 5 rings (SSSR count). The third kappa shape index (κ3) is 5.35. The van der Waals surface area contributed by atoms with E-state index < -0.39 is 12.1 Å². The van der Waals surface area contributed by atoms with Crippen molar-refractivity contribution in [3.8, 4) is 0 Å². The highest BCUT2D eigenvalue weighted by Crippen LogP contribution is 2.45. The zero-order valence-corrected chi connectivity index (χ0v) is 20.5. The number of rotatable bonds is 6. The number of nitrogens with one attached hydrogen (secondary N) is 1. The Morgan fingerprint density at radius 3 is 2.65 bits per heavy atom. The van der Waals surface area contributed by atoms with E-state index in [0.29, 0.717) is 25.4 Å². The van der Waals surface area contributed by atoms with Crippen LogP contribution in [0.2, 0.25) is 0 Å². The summed E-state index contributed by atoms with van der Waals surface area (Å²) in [5.74, 6) is 0.0341. The number of fused-ring (bicyclic) bond motifs is 6. The fourth-order valence-electron chi connectivity index (χ4n) is 7.81. The number of alkyl halides is 3. The van der Waals surface area contributed by atoms with Crippen molar-refractivity contribution in [2.75, 3.05) is 32.7 Å². The molecule has 2 bridgehead atoms. The van der Waals surface area contributed by atoms with Gasteiger partial charge in [-0.1, -0.05) is 18.1 Å². The summed E-state index contributed by atoms with van der Waals surface area (Å²) < 4.78 is 38.5. The number of unbranched alkanes of at least 4 members (excludes halogenated alkanes) is 1. The van der Waals surface area contributed by atoms with Crippen molar-refractivity contribution in [2.45, 2.75) is 95.3 Å². The van der Waals surface area contributed by atoms with Gasteiger partial charge in [-0.3, -0.25) is 14.6 Å². The normalized spacial score (nSPS) is 36.9. The van der Waals surface area contributed by atoms with Crippen molar-refractivity contribution in [3.63, 3.8) is 0 Å². The number of nitrogens with zero attached hydrogens (tertiary/aromatic N) is 2. The van der Waals surface area contributed by atoms with Gasteiger partial charge in [-0.15, -0.1) is 0 Å². The zero-order valence-electron chi connectivity index (χ0n) is 20.5. The molecule has 3 aliphatic heterocycles. The number of piperidine rings is 3. The molecule has 4 fully saturated rings. The van der Waals surface area contributed by atoms with E-state index in [4.69, 9.17) is 0 Å². The summed E-state index contributed by atoms with van der Waals surface area (Å²) in [5.41, 5.74) is 1.71. The number of amides is 1. The molecule has 1 saturated carbocycles. The van der Waals surface area contributed by atoms with E-state index in [1.165, 1.54) is 58.2 Å². The van der Waals surface area contributed by atoms with Gasteiger partial charge < -0.3 is 5.32 Å². The minimum atomic E-state index is -4.11. The summed E-state index contributed by atoms with van der Waals surface area (Å²) in [6.45, 7) is 5.46. The molecule has 0 unspecified atom stereocenters. The van der Waals surface area contributed by atoms with Crippen LogP contribution < -0.4 is 5.32 Å². The predicted octanol–water partition coefficient (Wildman–Crippen LogP) is 5.15. The van der Waals surface area contributed by atoms with Crippen LogP contribution in [0.1, 0.15) is 77.0 Å². The number of hydrogen-bond acceptors (Lipinski definition) is 3. The second-order valence-corrected chi connectivity index (χ2v) is 11.6. The number of halogens is 3. The molecule has 192 valence electrons. The van der Waals surface area contributed by atoms with E-state index >= 15 is 0 Å². The average molecular weight is 482 g/mol. The molecule has 3 saturated heterocycles. The van der Waals surface area contributed by atoms with Crippen molar-refractivity contribution >= 4 is 5.91 Å². The van der Waals surface area contributed by atoms with E-state index in [0.717, 1.165) is 37.3 Å². The van der Waals surface area contributed by atoms with E-state index in [2.05, 4.69) is 21.2 Å². The summed E-state index contributed by atoms with van der Waals surface area (Å²) in [5, 5.41) is 3.01. The minimum absolute atomic E-state index is 0.0413. The first-order valence-corrected chi connectivity index (χ1v) is 13.9. The van der Waals surface area contributed by atoms with Gasteiger partial charge in [0.2, 0.25) is 5.91 Å². The first-order chi connectivity index (χ1) is 16.4. The van der Waals surface area contributed by atoms with Crippen LogP contribution in [0.25, 0.3) is 0 Å². The van der Waals surface area contributed by atoms with Crippen LogP contribution in [0, 0.1) is 23.7 Å². The predicted molar refractivity (Wildman–Crippen MR) is 127 cm³/mol. The first kappa shape index (κ1) is 24.6. The van der Waals surface area contributed by atoms with Crippen molar-refractivity contribution < 1.29 is 18.0 Å². The standard InChI is InChI=1S/C27H42F3N3O/c28-27(29,30)23-10-8-19(9-11-23)26(34)31-12-2-4-13-32-15-5-6-20-16-21-17-22(25(20)32)18-33-14-3-1-7-24(21)33/h16,19,21-25H,1-15,17-18H2,(H,31,34)/t19?,21-,22+,23?,24+,25+/m0/s1. The maximum Gasteiger partial charge on any atom is 0.391 e. The SMILES string of the molecule is O=C(NCCCCN1CCCC2=C[C@H]3C[C@H](CN4CCCC[C@H]34)[C@@H]21)C1CCC(C(F)(F)F)CC1. The molecule has 2 aliphatic carbocycles. The summed E-state index contributed by atoms with van der Waals surface area (Å²) in [7, 11) is 0. The molecule has 0 spiro atoms. The number of likely N-dealkylation sites (tertiary alicyclic amines) is 1. The quantitative estimate of drug-likeness (QED) is 0.421. The van der Waals surface area contributed by atoms with Crippen molar-refractivity contribution in [3.05, 3.63) is 11.6 Å². The largest absolute Gasteiger partial charge is 0.391 e. The van der Waals surface area contributed by atoms with Crippen LogP contribution in [0.3, 0.4) is 0 Å². The second kappa shape index (κ2) is 10.5. The van der Waals surface area contributed by atoms with Gasteiger partial charge in [-0.2, -0.15) is 13.2 Å². The van der Waals surface area contributed by atoms with Crippen molar-refractivity contribution in [2.24, 2.45) is 23.7 Å². The molecule has 1 amide bonds. The Kier molecular flexibility index (Phi) is 7.60. The molecule has 4 atom stereocenters. The maximum atomic E-state index is 12.8. The molecule has 5 aliphatic rings. The molecular weight excluding hydrogens is 439 g/mol. The number of carbonyl (C=O) groups excluding carboxylic acids is 1. The van der Waals surface area contributed by atoms with Gasteiger partial charge in [0.05, 0.1) is 5.92 Å². The van der Waals surface area contributed by atoms with Crippen LogP contribution >= 0.6 is 0 Å². The number of hydrogen-bond donors (Lipinski definition) is 1. The molecule has 7 heteroatoms. The highest BCUT2D eigenvalue weighted by atomic mass is 19.4. The average Bonchev–Trinajstić information content (AvgIpc) is 2.83. The summed E-state index contributed by atoms with van der Waals surface area (Å²) in [4.78, 5) is 17.9. The summed E-state index contributed by atoms with van der Waals surface area (Å²) >= 11 is 0. The van der Waals surface area contributed by atoms with Crippen LogP contribution in [0.15, 0.2) is 11.6 Å². The van der Waals surface area contributed by atoms with Gasteiger partial charge >= 0.3 is 6.18 Å². The lowest BCUT2D eigenvalue weighted by atomic mass is 9.68. The van der Waals surface area contributed by atoms with Gasteiger partial charge in [0.1, 0.15) is 0 Å². The lowest BCUT2D eigenvalue weighted by Gasteiger charge is -2.55. The Morgan fingerprint density at radius 2 is 1.85 bits per heavy atom. The molecule has 0 aromatic heterocycles. The van der Waals surface area contributed by atoms with Gasteiger partial charge in [-0.05, 0) is 102 Å². The lowest BCUT2D eigenvalue weighted by Crippen LogP contribution is -2.59. The minimum Gasteiger partial charge on any atom is -0.356 e. The molecule has 1 N–H and O–H groups in total. The fraction of sp³-hybridized carbons (Fsp3) is 0.889. The van der Waals surface area contributed by atoms with Crippen molar-refractivity contribution in [1.82, 2.24) is 15.1 Å². The summed E-state index contributed by atoms with van der Waals surface area (Å²) in [6, 6.07) is 1.41. The van der Waals surface area contributed by atoms with E-state index in [-0.39, 0.29) is 24.7 Å². The fourth-order valence-corrected chi connectivity index (χ4v) is 7.81. The van der Waals surface area contributed by atoms with Gasteiger partial charge in [-0.25, -0.2) is 0 Å². The third-order valence-corrected chi connectivity index (χ3v) is 9.49. The highest BCUT2D eigenvalue weighted by molar-refractivity contribution is 5.78. The Labute approximate surface area is 202 Å². The smallest absolute Gasteiger partial charge is 0.356 e. The van der Waals surface area contributed by atoms with Crippen LogP contribution in [0.5, 0.6) is 0 Å². The topological polar surface area (TPSA) is 35.6 Å². The Morgan fingerprint density at radius 1 is 1.03 bits per heavy atom. The van der Waals surface area contributed by atoms with Gasteiger partial charge in [0, 0.05) is 31.1 Å². The Hall–Kier alpha value is -1.08. The molecule has 0 aromatic rings. The Balaban J connectivity index is 1.05. The van der Waals surface area contributed by atoms with Crippen molar-refractivity contribution in [1.29, 1.82) is 0 Å². The van der Waals surface area contributed by atoms with Crippen LogP contribution in [0.4, 0.5) is 13.2 Å². The summed E-state index contributed by atoms with van der Waals surface area (Å²) in [6.07, 6.45) is 9.48. The second-order valence-electron chi connectivity index (χ2n) is 11.6. The van der Waals surface area contributed by atoms with E-state index in [1.54, 1.807) is 5.57 Å². The molecule has 34 heavy (non-hydrogen) atoms. The highest BCUT2D eigenvalue weighted by Gasteiger charge is 2.46. The van der Waals surface area contributed by atoms with Crippen LogP contribution in [-0.4, -0.2) is 66.7 Å². The Bertz CT molecular complexity index is 746. The van der Waals surface area contributed by atoms with E-state index in [1.807, 2.05) is 0 Å². The molecule has 3 heterocycles. The maximum absolute atomic E-state index is 12.8. The lowest BCUT2D eigenvalue weighted by molar-refractivity contribution is -0.184. The monoisotopic (exact) mass is 481 g/mol. The molecule has 0 radical (unpaired) electrons. The van der Waals surface area contributed by atoms with Gasteiger partial charge in [0.15, 0.2) is 0 Å².